The summed E-state index contributed by atoms with van der Waals surface area (Å²) in [6.45, 7) is 4.39. The van der Waals surface area contributed by atoms with Crippen LogP contribution in [-0.2, 0) is 12.8 Å². The summed E-state index contributed by atoms with van der Waals surface area (Å²) >= 11 is 0. The summed E-state index contributed by atoms with van der Waals surface area (Å²) in [4.78, 5) is 0. The molecule has 0 nitrogen and oxygen atoms in total. The lowest BCUT2D eigenvalue weighted by Crippen LogP contribution is -1.95. The first-order valence-corrected chi connectivity index (χ1v) is 8.68. The van der Waals surface area contributed by atoms with Crippen molar-refractivity contribution in [2.45, 2.75) is 26.7 Å². The second kappa shape index (κ2) is 6.13. The van der Waals surface area contributed by atoms with Crippen LogP contribution in [0.15, 0.2) is 72.8 Å². The van der Waals surface area contributed by atoms with E-state index in [2.05, 4.69) is 86.6 Å². The van der Waals surface area contributed by atoms with Gasteiger partial charge in [-0.1, -0.05) is 72.8 Å². The summed E-state index contributed by atoms with van der Waals surface area (Å²) in [5, 5.41) is 5.55. The highest BCUT2D eigenvalue weighted by Gasteiger charge is 2.06. The molecule has 0 aliphatic heterocycles. The van der Waals surface area contributed by atoms with Crippen LogP contribution < -0.4 is 0 Å². The van der Waals surface area contributed by atoms with E-state index in [4.69, 9.17) is 0 Å². The fourth-order valence-corrected chi connectivity index (χ4v) is 3.73. The fraction of sp³-hybridized carbons (Fsp3) is 0.167. The molecule has 0 atom stereocenters. The molecule has 0 saturated carbocycles. The van der Waals surface area contributed by atoms with E-state index in [1.165, 1.54) is 43.8 Å². The number of hydrogen-bond acceptors (Lipinski definition) is 0. The van der Waals surface area contributed by atoms with Crippen molar-refractivity contribution in [2.75, 3.05) is 0 Å². The molecule has 0 heterocycles. The second-order valence-electron chi connectivity index (χ2n) is 6.67. The van der Waals surface area contributed by atoms with Crippen molar-refractivity contribution in [3.63, 3.8) is 0 Å². The normalized spacial score (nSPS) is 11.2. The highest BCUT2D eigenvalue weighted by molar-refractivity contribution is 5.90. The van der Waals surface area contributed by atoms with E-state index < -0.39 is 0 Å². The van der Waals surface area contributed by atoms with Gasteiger partial charge in [0.2, 0.25) is 0 Å². The zero-order valence-corrected chi connectivity index (χ0v) is 14.3. The lowest BCUT2D eigenvalue weighted by molar-refractivity contribution is 0.977. The van der Waals surface area contributed by atoms with E-state index in [0.717, 1.165) is 12.8 Å². The van der Waals surface area contributed by atoms with Gasteiger partial charge in [0.25, 0.3) is 0 Å². The molecule has 0 aliphatic rings. The summed E-state index contributed by atoms with van der Waals surface area (Å²) in [5.74, 6) is 0. The third kappa shape index (κ3) is 2.59. The minimum atomic E-state index is 1.08. The lowest BCUT2D eigenvalue weighted by atomic mass is 9.93. The monoisotopic (exact) mass is 310 g/mol. The van der Waals surface area contributed by atoms with Crippen molar-refractivity contribution in [3.8, 4) is 0 Å². The number of hydrogen-bond donors (Lipinski definition) is 0. The molecule has 0 fully saturated rings. The molecule has 0 bridgehead atoms. The Balaban J connectivity index is 1.72. The van der Waals surface area contributed by atoms with Crippen LogP contribution in [0.5, 0.6) is 0 Å². The molecule has 24 heavy (non-hydrogen) atoms. The lowest BCUT2D eigenvalue weighted by Gasteiger charge is -2.11. The zero-order valence-electron chi connectivity index (χ0n) is 14.3. The first-order valence-electron chi connectivity index (χ1n) is 8.68. The van der Waals surface area contributed by atoms with Crippen LogP contribution in [0.1, 0.15) is 22.3 Å². The summed E-state index contributed by atoms with van der Waals surface area (Å²) in [6, 6.07) is 26.6. The first kappa shape index (κ1) is 15.0. The molecule has 4 aromatic carbocycles. The molecule has 0 aliphatic carbocycles. The SMILES string of the molecule is Cc1ccc(CCc2ccc(C)c3ccccc23)c2ccccc12. The minimum absolute atomic E-state index is 1.08. The molecule has 4 rings (SSSR count). The largest absolute Gasteiger partial charge is 0.0616 e. The van der Waals surface area contributed by atoms with Crippen LogP contribution in [0.2, 0.25) is 0 Å². The molecule has 0 amide bonds. The molecule has 118 valence electrons. The molecule has 0 radical (unpaired) electrons. The molecule has 0 heteroatoms. The quantitative estimate of drug-likeness (QED) is 0.411. The van der Waals surface area contributed by atoms with Gasteiger partial charge in [-0.15, -0.1) is 0 Å². The number of benzene rings is 4. The van der Waals surface area contributed by atoms with Crippen LogP contribution in [0.3, 0.4) is 0 Å². The molecule has 0 spiro atoms. The van der Waals surface area contributed by atoms with E-state index in [-0.39, 0.29) is 0 Å². The van der Waals surface area contributed by atoms with Gasteiger partial charge in [-0.25, -0.2) is 0 Å². The maximum absolute atomic E-state index is 2.30. The molecular formula is C24H22. The van der Waals surface area contributed by atoms with Gasteiger partial charge in [0, 0.05) is 0 Å². The Morgan fingerprint density at radius 2 is 0.833 bits per heavy atom. The van der Waals surface area contributed by atoms with E-state index >= 15 is 0 Å². The van der Waals surface area contributed by atoms with Gasteiger partial charge in [0.1, 0.15) is 0 Å². The van der Waals surface area contributed by atoms with Crippen LogP contribution in [0.25, 0.3) is 21.5 Å². The topological polar surface area (TPSA) is 0 Å². The van der Waals surface area contributed by atoms with Crippen molar-refractivity contribution >= 4 is 21.5 Å². The Morgan fingerprint density at radius 1 is 0.458 bits per heavy atom. The van der Waals surface area contributed by atoms with Gasteiger partial charge >= 0.3 is 0 Å². The van der Waals surface area contributed by atoms with E-state index in [1.54, 1.807) is 0 Å². The number of rotatable bonds is 3. The third-order valence-corrected chi connectivity index (χ3v) is 5.13. The maximum Gasteiger partial charge on any atom is -0.0149 e. The Bertz CT molecular complexity index is 939. The summed E-state index contributed by atoms with van der Waals surface area (Å²) < 4.78 is 0. The predicted molar refractivity (Wildman–Crippen MR) is 105 cm³/mol. The Morgan fingerprint density at radius 3 is 1.25 bits per heavy atom. The molecule has 0 saturated heterocycles. The van der Waals surface area contributed by atoms with Gasteiger partial charge < -0.3 is 0 Å². The smallest absolute Gasteiger partial charge is 0.0149 e. The summed E-state index contributed by atoms with van der Waals surface area (Å²) in [6.07, 6.45) is 2.15. The van der Waals surface area contributed by atoms with Gasteiger partial charge in [0.15, 0.2) is 0 Å². The van der Waals surface area contributed by atoms with Gasteiger partial charge in [0.05, 0.1) is 0 Å². The van der Waals surface area contributed by atoms with Gasteiger partial charge in [-0.2, -0.15) is 0 Å². The summed E-state index contributed by atoms with van der Waals surface area (Å²) in [5.41, 5.74) is 5.60. The average molecular weight is 310 g/mol. The van der Waals surface area contributed by atoms with Crippen molar-refractivity contribution in [3.05, 3.63) is 95.1 Å². The van der Waals surface area contributed by atoms with Crippen LogP contribution in [0.4, 0.5) is 0 Å². The van der Waals surface area contributed by atoms with E-state index in [0.29, 0.717) is 0 Å². The van der Waals surface area contributed by atoms with Crippen molar-refractivity contribution < 1.29 is 0 Å². The van der Waals surface area contributed by atoms with Crippen molar-refractivity contribution in [1.82, 2.24) is 0 Å². The average Bonchev–Trinajstić information content (AvgIpc) is 2.63. The molecular weight excluding hydrogens is 288 g/mol. The Labute approximate surface area is 143 Å². The molecule has 0 N–H and O–H groups in total. The van der Waals surface area contributed by atoms with Crippen LogP contribution >= 0.6 is 0 Å². The van der Waals surface area contributed by atoms with Gasteiger partial charge in [-0.3, -0.25) is 0 Å². The fourth-order valence-electron chi connectivity index (χ4n) is 3.73. The molecule has 4 aromatic rings. The third-order valence-electron chi connectivity index (χ3n) is 5.13. The summed E-state index contributed by atoms with van der Waals surface area (Å²) in [7, 11) is 0. The van der Waals surface area contributed by atoms with Crippen molar-refractivity contribution in [1.29, 1.82) is 0 Å². The predicted octanol–water partition coefficient (Wildman–Crippen LogP) is 6.40. The van der Waals surface area contributed by atoms with Crippen LogP contribution in [-0.4, -0.2) is 0 Å². The van der Waals surface area contributed by atoms with Crippen LogP contribution in [0, 0.1) is 13.8 Å². The zero-order chi connectivity index (χ0) is 16.5. The highest BCUT2D eigenvalue weighted by atomic mass is 14.1. The number of fused-ring (bicyclic) bond motifs is 2. The second-order valence-corrected chi connectivity index (χ2v) is 6.67. The molecule has 0 aromatic heterocycles. The highest BCUT2D eigenvalue weighted by Crippen LogP contribution is 2.26. The molecule has 0 unspecified atom stereocenters. The van der Waals surface area contributed by atoms with Crippen molar-refractivity contribution in [2.24, 2.45) is 0 Å². The Kier molecular flexibility index (Phi) is 3.82. The maximum atomic E-state index is 2.30. The standard InChI is InChI=1S/C24H22/c1-17-11-13-19(23-9-5-3-7-21(17)23)15-16-20-14-12-18(2)22-8-4-6-10-24(20)22/h3-14H,15-16H2,1-2H3. The van der Waals surface area contributed by atoms with Gasteiger partial charge in [-0.05, 0) is 70.5 Å². The van der Waals surface area contributed by atoms with E-state index in [1.807, 2.05) is 0 Å². The minimum Gasteiger partial charge on any atom is -0.0616 e. The van der Waals surface area contributed by atoms with E-state index in [9.17, 15) is 0 Å². The Hall–Kier alpha value is -2.60. The first-order chi connectivity index (χ1) is 11.7. The number of aryl methyl sites for hydroxylation is 4.